The van der Waals surface area contributed by atoms with Gasteiger partial charge in [0.1, 0.15) is 0 Å². The molecule has 166 valence electrons. The Morgan fingerprint density at radius 2 is 1.74 bits per heavy atom. The molecule has 4 rings (SSSR count). The molecule has 2 aliphatic heterocycles. The van der Waals surface area contributed by atoms with Crippen molar-refractivity contribution in [2.24, 2.45) is 0 Å². The van der Waals surface area contributed by atoms with Crippen LogP contribution in [0.4, 0.5) is 5.69 Å². The summed E-state index contributed by atoms with van der Waals surface area (Å²) >= 11 is 6.49. The zero-order valence-corrected chi connectivity index (χ0v) is 19.2. The number of rotatable bonds is 7. The normalized spacial score (nSPS) is 18.8. The van der Waals surface area contributed by atoms with E-state index in [0.29, 0.717) is 13.1 Å². The van der Waals surface area contributed by atoms with Crippen LogP contribution in [0.5, 0.6) is 0 Å². The number of nitrogens with one attached hydrogen (secondary N) is 1. The van der Waals surface area contributed by atoms with Crippen molar-refractivity contribution in [3.05, 3.63) is 64.7 Å². The highest BCUT2D eigenvalue weighted by molar-refractivity contribution is 6.31. The molecule has 0 aromatic heterocycles. The van der Waals surface area contributed by atoms with Gasteiger partial charge in [-0.3, -0.25) is 14.6 Å². The van der Waals surface area contributed by atoms with Crippen LogP contribution in [-0.2, 0) is 4.79 Å². The molecule has 1 amide bonds. The quantitative estimate of drug-likeness (QED) is 0.712. The van der Waals surface area contributed by atoms with Crippen LogP contribution in [0.25, 0.3) is 0 Å². The zero-order valence-electron chi connectivity index (χ0n) is 18.4. The predicted octanol–water partition coefficient (Wildman–Crippen LogP) is 3.72. The fourth-order valence-corrected chi connectivity index (χ4v) is 4.95. The van der Waals surface area contributed by atoms with Crippen LogP contribution in [0.2, 0.25) is 5.02 Å². The van der Waals surface area contributed by atoms with E-state index in [2.05, 4.69) is 57.3 Å². The maximum Gasteiger partial charge on any atom is 0.234 e. The van der Waals surface area contributed by atoms with E-state index >= 15 is 0 Å². The Bertz CT molecular complexity index is 875. The Morgan fingerprint density at radius 1 is 1.00 bits per heavy atom. The van der Waals surface area contributed by atoms with Gasteiger partial charge >= 0.3 is 0 Å². The molecule has 0 bridgehead atoms. The van der Waals surface area contributed by atoms with Crippen molar-refractivity contribution in [1.29, 1.82) is 0 Å². The number of hydrogen-bond donors (Lipinski definition) is 1. The van der Waals surface area contributed by atoms with Crippen LogP contribution >= 0.6 is 11.6 Å². The highest BCUT2D eigenvalue weighted by atomic mass is 35.5. The van der Waals surface area contributed by atoms with Crippen molar-refractivity contribution in [1.82, 2.24) is 15.1 Å². The summed E-state index contributed by atoms with van der Waals surface area (Å²) in [5, 5.41) is 3.97. The van der Waals surface area contributed by atoms with Gasteiger partial charge in [-0.25, -0.2) is 0 Å². The third kappa shape index (κ3) is 5.79. The van der Waals surface area contributed by atoms with Gasteiger partial charge in [0, 0.05) is 43.4 Å². The number of halogens is 1. The van der Waals surface area contributed by atoms with Crippen LogP contribution in [0.1, 0.15) is 30.0 Å². The molecule has 2 heterocycles. The molecule has 2 aliphatic rings. The van der Waals surface area contributed by atoms with E-state index in [-0.39, 0.29) is 11.9 Å². The molecule has 1 atom stereocenters. The third-order valence-electron chi connectivity index (χ3n) is 6.44. The third-order valence-corrected chi connectivity index (χ3v) is 6.79. The minimum atomic E-state index is 0.0975. The minimum Gasteiger partial charge on any atom is -0.369 e. The van der Waals surface area contributed by atoms with Gasteiger partial charge in [0.25, 0.3) is 0 Å². The van der Waals surface area contributed by atoms with Crippen LogP contribution in [-0.4, -0.2) is 68.1 Å². The van der Waals surface area contributed by atoms with Gasteiger partial charge in [-0.15, -0.1) is 0 Å². The average Bonchev–Trinajstić information content (AvgIpc) is 3.30. The number of likely N-dealkylation sites (tertiary alicyclic amines) is 1. The molecule has 0 saturated carbocycles. The minimum absolute atomic E-state index is 0.0975. The van der Waals surface area contributed by atoms with Gasteiger partial charge in [0.15, 0.2) is 0 Å². The highest BCUT2D eigenvalue weighted by Gasteiger charge is 2.26. The Morgan fingerprint density at radius 3 is 2.45 bits per heavy atom. The first-order chi connectivity index (χ1) is 15.1. The van der Waals surface area contributed by atoms with Crippen molar-refractivity contribution in [3.63, 3.8) is 0 Å². The number of benzene rings is 2. The maximum atomic E-state index is 12.7. The van der Waals surface area contributed by atoms with Gasteiger partial charge < -0.3 is 10.2 Å². The number of aryl methyl sites for hydroxylation is 1. The summed E-state index contributed by atoms with van der Waals surface area (Å²) in [4.78, 5) is 19.8. The molecule has 0 aliphatic carbocycles. The Labute approximate surface area is 191 Å². The molecule has 0 spiro atoms. The molecule has 31 heavy (non-hydrogen) atoms. The monoisotopic (exact) mass is 440 g/mol. The summed E-state index contributed by atoms with van der Waals surface area (Å²) < 4.78 is 0. The van der Waals surface area contributed by atoms with Crippen LogP contribution in [0, 0.1) is 6.92 Å². The molecule has 6 heteroatoms. The Hall–Kier alpha value is -2.08. The smallest absolute Gasteiger partial charge is 0.234 e. The molecule has 0 unspecified atom stereocenters. The summed E-state index contributed by atoms with van der Waals surface area (Å²) in [6.07, 6.45) is 2.42. The van der Waals surface area contributed by atoms with Crippen molar-refractivity contribution in [2.45, 2.75) is 25.8 Å². The average molecular weight is 441 g/mol. The standard InChI is InChI=1S/C25H33ClN4O/c1-20-7-6-8-21(17-20)29-15-13-28(14-16-29)19-25(31)27-18-24(30-11-4-5-12-30)22-9-2-3-10-23(22)26/h2-3,6-10,17,24H,4-5,11-16,18-19H2,1H3,(H,27,31)/t24-/m0/s1. The van der Waals surface area contributed by atoms with Crippen molar-refractivity contribution in [3.8, 4) is 0 Å². The van der Waals surface area contributed by atoms with Crippen LogP contribution in [0.15, 0.2) is 48.5 Å². The summed E-state index contributed by atoms with van der Waals surface area (Å²) in [6, 6.07) is 16.8. The lowest BCUT2D eigenvalue weighted by atomic mass is 10.1. The number of amides is 1. The fourth-order valence-electron chi connectivity index (χ4n) is 4.69. The van der Waals surface area contributed by atoms with Crippen molar-refractivity contribution in [2.75, 3.05) is 57.3 Å². The van der Waals surface area contributed by atoms with E-state index in [1.165, 1.54) is 24.1 Å². The molecule has 2 aromatic carbocycles. The number of carbonyl (C=O) groups is 1. The molecule has 2 saturated heterocycles. The highest BCUT2D eigenvalue weighted by Crippen LogP contribution is 2.29. The predicted molar refractivity (Wildman–Crippen MR) is 128 cm³/mol. The van der Waals surface area contributed by atoms with Crippen molar-refractivity contribution < 1.29 is 4.79 Å². The van der Waals surface area contributed by atoms with E-state index in [9.17, 15) is 4.79 Å². The number of hydrogen-bond acceptors (Lipinski definition) is 4. The molecule has 5 nitrogen and oxygen atoms in total. The second-order valence-corrected chi connectivity index (χ2v) is 9.09. The Balaban J connectivity index is 1.28. The lowest BCUT2D eigenvalue weighted by Gasteiger charge is -2.36. The van der Waals surface area contributed by atoms with Crippen molar-refractivity contribution >= 4 is 23.2 Å². The molecule has 2 aromatic rings. The topological polar surface area (TPSA) is 38.8 Å². The Kier molecular flexibility index (Phi) is 7.49. The lowest BCUT2D eigenvalue weighted by Crippen LogP contribution is -2.50. The summed E-state index contributed by atoms with van der Waals surface area (Å²) in [7, 11) is 0. The molecule has 2 fully saturated rings. The van der Waals surface area contributed by atoms with Gasteiger partial charge in [0.2, 0.25) is 5.91 Å². The van der Waals surface area contributed by atoms with Crippen LogP contribution < -0.4 is 10.2 Å². The van der Waals surface area contributed by atoms with E-state index in [4.69, 9.17) is 11.6 Å². The first kappa shape index (κ1) is 22.1. The maximum absolute atomic E-state index is 12.7. The second kappa shape index (κ2) is 10.5. The number of nitrogens with zero attached hydrogens (tertiary/aromatic N) is 3. The second-order valence-electron chi connectivity index (χ2n) is 8.69. The van der Waals surface area contributed by atoms with Gasteiger partial charge in [-0.2, -0.15) is 0 Å². The van der Waals surface area contributed by atoms with E-state index in [1.54, 1.807) is 0 Å². The van der Waals surface area contributed by atoms with Gasteiger partial charge in [0.05, 0.1) is 12.6 Å². The fraction of sp³-hybridized carbons (Fsp3) is 0.480. The van der Waals surface area contributed by atoms with E-state index in [1.807, 2.05) is 18.2 Å². The molecule has 1 N–H and O–H groups in total. The van der Waals surface area contributed by atoms with Gasteiger partial charge in [-0.1, -0.05) is 41.9 Å². The zero-order chi connectivity index (χ0) is 21.6. The number of piperazine rings is 1. The first-order valence-electron chi connectivity index (χ1n) is 11.4. The molecule has 0 radical (unpaired) electrons. The summed E-state index contributed by atoms with van der Waals surface area (Å²) in [5.74, 6) is 0.0975. The summed E-state index contributed by atoms with van der Waals surface area (Å²) in [5.41, 5.74) is 3.67. The van der Waals surface area contributed by atoms with E-state index in [0.717, 1.165) is 49.9 Å². The number of carbonyl (C=O) groups excluding carboxylic acids is 1. The molecular weight excluding hydrogens is 408 g/mol. The van der Waals surface area contributed by atoms with Gasteiger partial charge in [-0.05, 0) is 62.2 Å². The largest absolute Gasteiger partial charge is 0.369 e. The molecular formula is C25H33ClN4O. The number of anilines is 1. The van der Waals surface area contributed by atoms with E-state index < -0.39 is 0 Å². The van der Waals surface area contributed by atoms with Crippen LogP contribution in [0.3, 0.4) is 0 Å². The summed E-state index contributed by atoms with van der Waals surface area (Å²) in [6.45, 7) is 9.02. The SMILES string of the molecule is Cc1cccc(N2CCN(CC(=O)NC[C@@H](c3ccccc3Cl)N3CCCC3)CC2)c1. The lowest BCUT2D eigenvalue weighted by molar-refractivity contribution is -0.122. The first-order valence-corrected chi connectivity index (χ1v) is 11.8.